The lowest BCUT2D eigenvalue weighted by atomic mass is 9.99. The third kappa shape index (κ3) is 2.96. The average Bonchev–Trinajstić information content (AvgIpc) is 2.35. The van der Waals surface area contributed by atoms with E-state index in [-0.39, 0.29) is 5.82 Å². The number of rotatable bonds is 3. The molecule has 0 saturated carbocycles. The van der Waals surface area contributed by atoms with Crippen molar-refractivity contribution >= 4 is 11.6 Å². The molecule has 0 aliphatic rings. The number of aryl methyl sites for hydroxylation is 2. The summed E-state index contributed by atoms with van der Waals surface area (Å²) in [6.45, 7) is 4.65. The van der Waals surface area contributed by atoms with Gasteiger partial charge in [0.25, 0.3) is 0 Å². The molecule has 0 unspecified atom stereocenters. The van der Waals surface area contributed by atoms with Crippen molar-refractivity contribution in [2.24, 2.45) is 0 Å². The second-order valence-electron chi connectivity index (χ2n) is 4.76. The summed E-state index contributed by atoms with van der Waals surface area (Å²) in [7, 11) is 1.84. The van der Waals surface area contributed by atoms with Crippen molar-refractivity contribution in [1.82, 2.24) is 5.32 Å². The van der Waals surface area contributed by atoms with Crippen LogP contribution in [0.1, 0.15) is 16.7 Å². The van der Waals surface area contributed by atoms with Crippen LogP contribution in [0, 0.1) is 19.7 Å². The van der Waals surface area contributed by atoms with Crippen LogP contribution in [0.3, 0.4) is 0 Å². The zero-order chi connectivity index (χ0) is 14.0. The SMILES string of the molecule is CNCc1ccc(-c2cc(C)c(C)cc2Cl)c(F)c1. The minimum absolute atomic E-state index is 0.238. The zero-order valence-corrected chi connectivity index (χ0v) is 12.1. The molecule has 0 radical (unpaired) electrons. The topological polar surface area (TPSA) is 12.0 Å². The molecule has 1 nitrogen and oxygen atoms in total. The number of hydrogen-bond donors (Lipinski definition) is 1. The first-order valence-electron chi connectivity index (χ1n) is 6.23. The molecule has 0 heterocycles. The van der Waals surface area contributed by atoms with E-state index in [4.69, 9.17) is 11.6 Å². The fourth-order valence-electron chi connectivity index (χ4n) is 2.08. The van der Waals surface area contributed by atoms with Gasteiger partial charge in [0.1, 0.15) is 5.82 Å². The van der Waals surface area contributed by atoms with Gasteiger partial charge in [0, 0.05) is 22.7 Å². The summed E-state index contributed by atoms with van der Waals surface area (Å²) >= 11 is 6.23. The van der Waals surface area contributed by atoms with Gasteiger partial charge >= 0.3 is 0 Å². The van der Waals surface area contributed by atoms with Gasteiger partial charge in [-0.25, -0.2) is 4.39 Å². The summed E-state index contributed by atoms with van der Waals surface area (Å²) in [6, 6.07) is 9.08. The molecule has 0 bridgehead atoms. The minimum Gasteiger partial charge on any atom is -0.316 e. The molecule has 0 atom stereocenters. The van der Waals surface area contributed by atoms with Gasteiger partial charge in [0.05, 0.1) is 0 Å². The molecule has 2 rings (SSSR count). The summed E-state index contributed by atoms with van der Waals surface area (Å²) in [5.74, 6) is -0.238. The van der Waals surface area contributed by atoms with E-state index in [0.29, 0.717) is 17.1 Å². The Hall–Kier alpha value is -1.38. The van der Waals surface area contributed by atoms with Crippen molar-refractivity contribution in [3.05, 3.63) is 57.9 Å². The van der Waals surface area contributed by atoms with Gasteiger partial charge in [-0.3, -0.25) is 0 Å². The molecule has 0 fully saturated rings. The number of halogens is 2. The number of nitrogens with one attached hydrogen (secondary N) is 1. The van der Waals surface area contributed by atoms with E-state index in [2.05, 4.69) is 5.32 Å². The van der Waals surface area contributed by atoms with E-state index < -0.39 is 0 Å². The van der Waals surface area contributed by atoms with E-state index in [1.807, 2.05) is 39.1 Å². The Morgan fingerprint density at radius 1 is 1.05 bits per heavy atom. The van der Waals surface area contributed by atoms with Gasteiger partial charge in [0.2, 0.25) is 0 Å². The fourth-order valence-corrected chi connectivity index (χ4v) is 2.40. The standard InChI is InChI=1S/C16H17ClFN/c1-10-6-14(15(17)7-11(10)2)13-5-4-12(9-19-3)8-16(13)18/h4-8,19H,9H2,1-3H3. The molecule has 0 spiro atoms. The lowest BCUT2D eigenvalue weighted by Crippen LogP contribution is -2.05. The smallest absolute Gasteiger partial charge is 0.131 e. The molecule has 19 heavy (non-hydrogen) atoms. The lowest BCUT2D eigenvalue weighted by Gasteiger charge is -2.11. The monoisotopic (exact) mass is 277 g/mol. The van der Waals surface area contributed by atoms with Crippen molar-refractivity contribution in [1.29, 1.82) is 0 Å². The summed E-state index contributed by atoms with van der Waals surface area (Å²) in [5.41, 5.74) is 4.44. The highest BCUT2D eigenvalue weighted by Gasteiger charge is 2.11. The molecular formula is C16H17ClFN. The van der Waals surface area contributed by atoms with Crippen LogP contribution in [0.4, 0.5) is 4.39 Å². The molecule has 0 aromatic heterocycles. The van der Waals surface area contributed by atoms with Gasteiger partial charge in [-0.2, -0.15) is 0 Å². The van der Waals surface area contributed by atoms with Gasteiger partial charge < -0.3 is 5.32 Å². The average molecular weight is 278 g/mol. The van der Waals surface area contributed by atoms with E-state index in [1.165, 1.54) is 0 Å². The maximum atomic E-state index is 14.2. The van der Waals surface area contributed by atoms with Gasteiger partial charge in [0.15, 0.2) is 0 Å². The second kappa shape index (κ2) is 5.72. The van der Waals surface area contributed by atoms with Crippen LogP contribution < -0.4 is 5.32 Å². The summed E-state index contributed by atoms with van der Waals surface area (Å²) in [6.07, 6.45) is 0. The molecule has 0 saturated heterocycles. The highest BCUT2D eigenvalue weighted by molar-refractivity contribution is 6.33. The predicted molar refractivity (Wildman–Crippen MR) is 79.1 cm³/mol. The Bertz CT molecular complexity index is 608. The fraction of sp³-hybridized carbons (Fsp3) is 0.250. The Morgan fingerprint density at radius 3 is 2.37 bits per heavy atom. The molecular weight excluding hydrogens is 261 g/mol. The first-order valence-corrected chi connectivity index (χ1v) is 6.61. The third-order valence-corrected chi connectivity index (χ3v) is 3.60. The Morgan fingerprint density at radius 2 is 1.74 bits per heavy atom. The zero-order valence-electron chi connectivity index (χ0n) is 11.3. The third-order valence-electron chi connectivity index (χ3n) is 3.29. The molecule has 2 aromatic rings. The molecule has 1 N–H and O–H groups in total. The maximum absolute atomic E-state index is 14.2. The Balaban J connectivity index is 2.50. The van der Waals surface area contributed by atoms with Crippen LogP contribution in [0.25, 0.3) is 11.1 Å². The Kier molecular flexibility index (Phi) is 4.23. The first kappa shape index (κ1) is 14.0. The number of benzene rings is 2. The van der Waals surface area contributed by atoms with E-state index in [0.717, 1.165) is 22.3 Å². The quantitative estimate of drug-likeness (QED) is 0.872. The molecule has 0 amide bonds. The van der Waals surface area contributed by atoms with Crippen LogP contribution in [-0.4, -0.2) is 7.05 Å². The highest BCUT2D eigenvalue weighted by Crippen LogP contribution is 2.32. The van der Waals surface area contributed by atoms with Gasteiger partial charge in [-0.15, -0.1) is 0 Å². The summed E-state index contributed by atoms with van der Waals surface area (Å²) in [5, 5.41) is 3.59. The molecule has 3 heteroatoms. The summed E-state index contributed by atoms with van der Waals surface area (Å²) < 4.78 is 14.2. The van der Waals surface area contributed by atoms with E-state index in [1.54, 1.807) is 12.1 Å². The van der Waals surface area contributed by atoms with Crippen molar-refractivity contribution in [3.8, 4) is 11.1 Å². The largest absolute Gasteiger partial charge is 0.316 e. The van der Waals surface area contributed by atoms with Crippen LogP contribution in [0.5, 0.6) is 0 Å². The predicted octanol–water partition coefficient (Wildman–Crippen LogP) is 4.48. The second-order valence-corrected chi connectivity index (χ2v) is 5.17. The lowest BCUT2D eigenvalue weighted by molar-refractivity contribution is 0.627. The van der Waals surface area contributed by atoms with Crippen molar-refractivity contribution in [3.63, 3.8) is 0 Å². The van der Waals surface area contributed by atoms with Crippen molar-refractivity contribution in [2.75, 3.05) is 7.05 Å². The van der Waals surface area contributed by atoms with Crippen LogP contribution in [0.2, 0.25) is 5.02 Å². The molecule has 0 aliphatic carbocycles. The van der Waals surface area contributed by atoms with Gasteiger partial charge in [-0.1, -0.05) is 23.7 Å². The Labute approximate surface area is 118 Å². The van der Waals surface area contributed by atoms with Crippen molar-refractivity contribution in [2.45, 2.75) is 20.4 Å². The van der Waals surface area contributed by atoms with E-state index >= 15 is 0 Å². The van der Waals surface area contributed by atoms with Crippen molar-refractivity contribution < 1.29 is 4.39 Å². The van der Waals surface area contributed by atoms with Crippen LogP contribution in [-0.2, 0) is 6.54 Å². The highest BCUT2D eigenvalue weighted by atomic mass is 35.5. The van der Waals surface area contributed by atoms with Crippen LogP contribution >= 0.6 is 11.6 Å². The molecule has 0 aliphatic heterocycles. The van der Waals surface area contributed by atoms with Gasteiger partial charge in [-0.05, 0) is 55.8 Å². The van der Waals surface area contributed by atoms with Crippen LogP contribution in [0.15, 0.2) is 30.3 Å². The molecule has 2 aromatic carbocycles. The number of hydrogen-bond acceptors (Lipinski definition) is 1. The summed E-state index contributed by atoms with van der Waals surface area (Å²) in [4.78, 5) is 0. The normalized spacial score (nSPS) is 10.8. The minimum atomic E-state index is -0.238. The maximum Gasteiger partial charge on any atom is 0.131 e. The molecule has 100 valence electrons. The van der Waals surface area contributed by atoms with E-state index in [9.17, 15) is 4.39 Å². The first-order chi connectivity index (χ1) is 9.02.